The van der Waals surface area contributed by atoms with Crippen LogP contribution in [0, 0.1) is 5.82 Å². The van der Waals surface area contributed by atoms with Crippen LogP contribution in [0.1, 0.15) is 11.6 Å². The van der Waals surface area contributed by atoms with Gasteiger partial charge in [0.05, 0.1) is 12.6 Å². The Kier molecular flexibility index (Phi) is 2.94. The van der Waals surface area contributed by atoms with Gasteiger partial charge in [-0.15, -0.1) is 0 Å². The third-order valence-corrected chi connectivity index (χ3v) is 3.56. The summed E-state index contributed by atoms with van der Waals surface area (Å²) in [5.74, 6) is -0.665. The highest BCUT2D eigenvalue weighted by atomic mass is 19.1. The average molecular weight is 263 g/mol. The summed E-state index contributed by atoms with van der Waals surface area (Å²) in [6, 6.07) is 5.01. The Morgan fingerprint density at radius 1 is 1.16 bits per heavy atom. The van der Waals surface area contributed by atoms with E-state index in [0.29, 0.717) is 18.7 Å². The van der Waals surface area contributed by atoms with Crippen LogP contribution in [0.4, 0.5) is 4.39 Å². The minimum atomic E-state index is -0.658. The van der Waals surface area contributed by atoms with Crippen molar-refractivity contribution in [2.75, 3.05) is 19.6 Å². The Hall–Kier alpha value is -1.95. The summed E-state index contributed by atoms with van der Waals surface area (Å²) in [6.07, 6.45) is 0. The average Bonchev–Trinajstić information content (AvgIpc) is 2.41. The number of hydrogen-bond donors (Lipinski definition) is 2. The van der Waals surface area contributed by atoms with E-state index in [1.807, 2.05) is 0 Å². The van der Waals surface area contributed by atoms with Gasteiger partial charge in [0, 0.05) is 13.1 Å². The van der Waals surface area contributed by atoms with Crippen LogP contribution < -0.4 is 10.6 Å². The van der Waals surface area contributed by atoms with Crippen molar-refractivity contribution in [2.45, 2.75) is 12.1 Å². The van der Waals surface area contributed by atoms with E-state index < -0.39 is 6.04 Å². The Morgan fingerprint density at radius 2 is 1.89 bits per heavy atom. The molecule has 0 saturated carbocycles. The number of nitrogens with one attached hydrogen (secondary N) is 2. The first-order valence-corrected chi connectivity index (χ1v) is 6.22. The van der Waals surface area contributed by atoms with E-state index in [2.05, 4.69) is 10.6 Å². The lowest BCUT2D eigenvalue weighted by Crippen LogP contribution is -2.65. The molecule has 1 aromatic carbocycles. The van der Waals surface area contributed by atoms with E-state index in [1.165, 1.54) is 12.1 Å². The number of piperazine rings is 2. The Bertz CT molecular complexity index is 517. The zero-order valence-corrected chi connectivity index (χ0v) is 10.2. The van der Waals surface area contributed by atoms with Gasteiger partial charge >= 0.3 is 0 Å². The molecule has 5 nitrogen and oxygen atoms in total. The number of halogens is 1. The van der Waals surface area contributed by atoms with Gasteiger partial charge in [-0.1, -0.05) is 12.1 Å². The van der Waals surface area contributed by atoms with Crippen molar-refractivity contribution >= 4 is 11.8 Å². The Balaban J connectivity index is 1.97. The van der Waals surface area contributed by atoms with Gasteiger partial charge in [-0.3, -0.25) is 9.59 Å². The molecule has 3 rings (SSSR count). The van der Waals surface area contributed by atoms with Crippen LogP contribution in [0.2, 0.25) is 0 Å². The van der Waals surface area contributed by atoms with E-state index in [-0.39, 0.29) is 30.2 Å². The molecule has 0 aromatic heterocycles. The van der Waals surface area contributed by atoms with E-state index in [0.717, 1.165) is 0 Å². The maximum atomic E-state index is 13.0. The SMILES string of the molecule is O=C1NCC2CNCC(=O)N2C1c1ccc(F)cc1. The second-order valence-corrected chi connectivity index (χ2v) is 4.78. The van der Waals surface area contributed by atoms with Crippen molar-refractivity contribution in [1.82, 2.24) is 15.5 Å². The van der Waals surface area contributed by atoms with Crippen LogP contribution in [0.25, 0.3) is 0 Å². The Morgan fingerprint density at radius 3 is 2.63 bits per heavy atom. The fourth-order valence-electron chi connectivity index (χ4n) is 2.66. The largest absolute Gasteiger partial charge is 0.352 e. The highest BCUT2D eigenvalue weighted by Crippen LogP contribution is 2.27. The smallest absolute Gasteiger partial charge is 0.247 e. The molecule has 2 aliphatic heterocycles. The van der Waals surface area contributed by atoms with Crippen LogP contribution in [0.3, 0.4) is 0 Å². The van der Waals surface area contributed by atoms with Gasteiger partial charge in [0.25, 0.3) is 0 Å². The predicted octanol–water partition coefficient (Wildman–Crippen LogP) is -0.203. The zero-order chi connectivity index (χ0) is 13.4. The van der Waals surface area contributed by atoms with Crippen molar-refractivity contribution in [3.05, 3.63) is 35.6 Å². The summed E-state index contributed by atoms with van der Waals surface area (Å²) in [4.78, 5) is 25.7. The number of carbonyl (C=O) groups excluding carboxylic acids is 2. The molecule has 2 unspecified atom stereocenters. The van der Waals surface area contributed by atoms with E-state index in [9.17, 15) is 14.0 Å². The molecule has 0 aliphatic carbocycles. The van der Waals surface area contributed by atoms with Gasteiger partial charge < -0.3 is 15.5 Å². The lowest BCUT2D eigenvalue weighted by molar-refractivity contribution is -0.148. The van der Waals surface area contributed by atoms with Gasteiger partial charge in [-0.2, -0.15) is 0 Å². The molecule has 0 spiro atoms. The first-order chi connectivity index (χ1) is 9.16. The van der Waals surface area contributed by atoms with Crippen molar-refractivity contribution in [1.29, 1.82) is 0 Å². The molecule has 2 saturated heterocycles. The highest BCUT2D eigenvalue weighted by Gasteiger charge is 2.41. The number of hydrogen-bond acceptors (Lipinski definition) is 3. The van der Waals surface area contributed by atoms with E-state index >= 15 is 0 Å². The number of benzene rings is 1. The molecular formula is C13H14FN3O2. The molecule has 2 N–H and O–H groups in total. The molecular weight excluding hydrogens is 249 g/mol. The fraction of sp³-hybridized carbons (Fsp3) is 0.385. The molecule has 0 bridgehead atoms. The highest BCUT2D eigenvalue weighted by molar-refractivity contribution is 5.91. The lowest BCUT2D eigenvalue weighted by Gasteiger charge is -2.44. The van der Waals surface area contributed by atoms with Crippen LogP contribution in [0.5, 0.6) is 0 Å². The number of amides is 2. The molecule has 6 heteroatoms. The molecule has 19 heavy (non-hydrogen) atoms. The monoisotopic (exact) mass is 263 g/mol. The predicted molar refractivity (Wildman–Crippen MR) is 65.7 cm³/mol. The van der Waals surface area contributed by atoms with Crippen LogP contribution in [-0.4, -0.2) is 42.4 Å². The third kappa shape index (κ3) is 2.08. The minimum Gasteiger partial charge on any atom is -0.352 e. The second kappa shape index (κ2) is 4.62. The quantitative estimate of drug-likeness (QED) is 0.737. The topological polar surface area (TPSA) is 61.4 Å². The number of fused-ring (bicyclic) bond motifs is 1. The summed E-state index contributed by atoms with van der Waals surface area (Å²) in [5, 5.41) is 5.83. The minimum absolute atomic E-state index is 0.0472. The normalized spacial score (nSPS) is 26.9. The molecule has 100 valence electrons. The standard InChI is InChI=1S/C13H14FN3O2/c14-9-3-1-8(2-4-9)12-13(19)16-6-10-5-15-7-11(18)17(10)12/h1-4,10,12,15H,5-7H2,(H,16,19). The molecule has 2 aliphatic rings. The summed E-state index contributed by atoms with van der Waals surface area (Å²) in [7, 11) is 0. The Labute approximate surface area is 109 Å². The van der Waals surface area contributed by atoms with Crippen LogP contribution >= 0.6 is 0 Å². The maximum absolute atomic E-state index is 13.0. The summed E-state index contributed by atoms with van der Waals surface area (Å²) in [6.45, 7) is 1.35. The van der Waals surface area contributed by atoms with Crippen molar-refractivity contribution in [3.8, 4) is 0 Å². The molecule has 2 atom stereocenters. The number of nitrogens with zero attached hydrogens (tertiary/aromatic N) is 1. The summed E-state index contributed by atoms with van der Waals surface area (Å²) >= 11 is 0. The van der Waals surface area contributed by atoms with E-state index in [1.54, 1.807) is 17.0 Å². The zero-order valence-electron chi connectivity index (χ0n) is 10.2. The number of rotatable bonds is 1. The van der Waals surface area contributed by atoms with Gasteiger partial charge in [-0.25, -0.2) is 4.39 Å². The first kappa shape index (κ1) is 12.1. The second-order valence-electron chi connectivity index (χ2n) is 4.78. The first-order valence-electron chi connectivity index (χ1n) is 6.22. The summed E-state index contributed by atoms with van der Waals surface area (Å²) in [5.41, 5.74) is 0.638. The van der Waals surface area contributed by atoms with Gasteiger partial charge in [0.1, 0.15) is 11.9 Å². The van der Waals surface area contributed by atoms with Crippen LogP contribution in [-0.2, 0) is 9.59 Å². The number of carbonyl (C=O) groups is 2. The fourth-order valence-corrected chi connectivity index (χ4v) is 2.66. The van der Waals surface area contributed by atoms with Gasteiger partial charge in [-0.05, 0) is 17.7 Å². The molecule has 2 fully saturated rings. The van der Waals surface area contributed by atoms with Crippen molar-refractivity contribution in [2.24, 2.45) is 0 Å². The maximum Gasteiger partial charge on any atom is 0.247 e. The molecule has 2 heterocycles. The van der Waals surface area contributed by atoms with E-state index in [4.69, 9.17) is 0 Å². The summed E-state index contributed by atoms with van der Waals surface area (Å²) < 4.78 is 13.0. The molecule has 1 aromatic rings. The lowest BCUT2D eigenvalue weighted by atomic mass is 9.97. The third-order valence-electron chi connectivity index (χ3n) is 3.56. The van der Waals surface area contributed by atoms with Crippen LogP contribution in [0.15, 0.2) is 24.3 Å². The van der Waals surface area contributed by atoms with Crippen molar-refractivity contribution in [3.63, 3.8) is 0 Å². The van der Waals surface area contributed by atoms with Gasteiger partial charge in [0.15, 0.2) is 0 Å². The van der Waals surface area contributed by atoms with Crippen molar-refractivity contribution < 1.29 is 14.0 Å². The molecule has 0 radical (unpaired) electrons. The molecule has 2 amide bonds. The van der Waals surface area contributed by atoms with Gasteiger partial charge in [0.2, 0.25) is 11.8 Å².